The van der Waals surface area contributed by atoms with E-state index in [0.717, 1.165) is 24.3 Å². The lowest BCUT2D eigenvalue weighted by Gasteiger charge is -2.29. The van der Waals surface area contributed by atoms with Crippen molar-refractivity contribution in [2.75, 3.05) is 36.5 Å². The molecule has 0 unspecified atom stereocenters. The van der Waals surface area contributed by atoms with Gasteiger partial charge in [-0.2, -0.15) is 0 Å². The van der Waals surface area contributed by atoms with Gasteiger partial charge in [-0.05, 0) is 30.7 Å². The van der Waals surface area contributed by atoms with E-state index in [1.54, 1.807) is 0 Å². The lowest BCUT2D eigenvalue weighted by Crippen LogP contribution is -2.36. The molecule has 2 N–H and O–H groups in total. The summed E-state index contributed by atoms with van der Waals surface area (Å²) in [6, 6.07) is 5.84. The molecule has 0 bridgehead atoms. The highest BCUT2D eigenvalue weighted by molar-refractivity contribution is 6.04. The zero-order chi connectivity index (χ0) is 21.3. The Balaban J connectivity index is 1.77. The number of carbonyl (C=O) groups is 1. The first-order valence-corrected chi connectivity index (χ1v) is 9.39. The van der Waals surface area contributed by atoms with Gasteiger partial charge in [-0.3, -0.25) is 14.2 Å². The number of amides is 1. The van der Waals surface area contributed by atoms with Gasteiger partial charge in [-0.25, -0.2) is 4.98 Å². The Labute approximate surface area is 171 Å². The van der Waals surface area contributed by atoms with Gasteiger partial charge in [-0.1, -0.05) is 5.16 Å². The van der Waals surface area contributed by atoms with E-state index in [2.05, 4.69) is 24.9 Å². The fourth-order valence-electron chi connectivity index (χ4n) is 3.36. The summed E-state index contributed by atoms with van der Waals surface area (Å²) in [4.78, 5) is 31.7. The molecule has 1 aliphatic rings. The van der Waals surface area contributed by atoms with Crippen LogP contribution in [0.1, 0.15) is 16.1 Å². The van der Waals surface area contributed by atoms with E-state index in [9.17, 15) is 14.7 Å². The molecule has 156 valence electrons. The van der Waals surface area contributed by atoms with Crippen LogP contribution < -0.4 is 15.8 Å². The summed E-state index contributed by atoms with van der Waals surface area (Å²) in [7, 11) is 1.50. The molecule has 10 heteroatoms. The normalized spacial score (nSPS) is 14.0. The summed E-state index contributed by atoms with van der Waals surface area (Å²) in [6.07, 6.45) is 2.53. The summed E-state index contributed by atoms with van der Waals surface area (Å²) in [6.45, 7) is 4.76. The van der Waals surface area contributed by atoms with E-state index < -0.39 is 17.2 Å². The van der Waals surface area contributed by atoms with Crippen LogP contribution in [0.4, 0.5) is 11.4 Å². The maximum absolute atomic E-state index is 12.6. The molecule has 1 aliphatic heterocycles. The first-order chi connectivity index (χ1) is 14.4. The molecule has 1 saturated heterocycles. The predicted octanol–water partition coefficient (Wildman–Crippen LogP) is 1.54. The molecule has 3 aromatic rings. The number of carbonyl (C=O) groups excluding carboxylic acids is 1. The van der Waals surface area contributed by atoms with Crippen molar-refractivity contribution in [3.8, 4) is 17.1 Å². The van der Waals surface area contributed by atoms with Gasteiger partial charge in [0.25, 0.3) is 11.5 Å². The Morgan fingerprint density at radius 2 is 2.00 bits per heavy atom. The highest BCUT2D eigenvalue weighted by atomic mass is 16.5. The van der Waals surface area contributed by atoms with Crippen molar-refractivity contribution in [1.82, 2.24) is 14.7 Å². The number of hydrogen-bond donors (Lipinski definition) is 2. The van der Waals surface area contributed by atoms with Crippen molar-refractivity contribution in [2.45, 2.75) is 6.92 Å². The second kappa shape index (κ2) is 7.99. The number of morpholine rings is 1. The topological polar surface area (TPSA) is 123 Å². The van der Waals surface area contributed by atoms with Gasteiger partial charge in [0.15, 0.2) is 5.69 Å². The zero-order valence-electron chi connectivity index (χ0n) is 16.6. The number of aromatic hydroxyl groups is 1. The molecule has 0 saturated carbocycles. The van der Waals surface area contributed by atoms with E-state index in [1.165, 1.54) is 24.1 Å². The SMILES string of the molecule is Cc1cc(-c2nc(C(=O)Nc3cnoc3)c(O)c(=O)n2C)cc(N2CCOCC2)c1. The van der Waals surface area contributed by atoms with Crippen molar-refractivity contribution in [2.24, 2.45) is 7.05 Å². The van der Waals surface area contributed by atoms with Crippen molar-refractivity contribution < 1.29 is 19.2 Å². The fourth-order valence-corrected chi connectivity index (χ4v) is 3.36. The summed E-state index contributed by atoms with van der Waals surface area (Å²) < 4.78 is 11.3. The number of ether oxygens (including phenoxy) is 1. The lowest BCUT2D eigenvalue weighted by molar-refractivity contribution is 0.101. The van der Waals surface area contributed by atoms with Crippen LogP contribution >= 0.6 is 0 Å². The molecule has 0 aliphatic carbocycles. The van der Waals surface area contributed by atoms with Crippen LogP contribution in [0.3, 0.4) is 0 Å². The standard InChI is InChI=1S/C20H21N5O5/c1-12-7-13(9-15(8-12)25-3-5-29-6-4-25)18-23-16(17(26)20(28)24(18)2)19(27)22-14-10-21-30-11-14/h7-11,26H,3-6H2,1-2H3,(H,22,27). The van der Waals surface area contributed by atoms with Gasteiger partial charge in [0.05, 0.1) is 19.4 Å². The largest absolute Gasteiger partial charge is 0.501 e. The number of benzene rings is 1. The average Bonchev–Trinajstić information content (AvgIpc) is 3.25. The van der Waals surface area contributed by atoms with E-state index in [4.69, 9.17) is 4.74 Å². The Morgan fingerprint density at radius 3 is 2.70 bits per heavy atom. The predicted molar refractivity (Wildman–Crippen MR) is 109 cm³/mol. The Hall–Kier alpha value is -3.66. The van der Waals surface area contributed by atoms with E-state index >= 15 is 0 Å². The first-order valence-electron chi connectivity index (χ1n) is 9.39. The monoisotopic (exact) mass is 411 g/mol. The van der Waals surface area contributed by atoms with Gasteiger partial charge in [0.2, 0.25) is 5.75 Å². The summed E-state index contributed by atoms with van der Waals surface area (Å²) in [5.41, 5.74) is 1.82. The second-order valence-corrected chi connectivity index (χ2v) is 7.02. The number of rotatable bonds is 4. The van der Waals surface area contributed by atoms with Crippen LogP contribution in [0, 0.1) is 6.92 Å². The molecule has 4 rings (SSSR count). The Kier molecular flexibility index (Phi) is 5.23. The van der Waals surface area contributed by atoms with E-state index in [0.29, 0.717) is 18.8 Å². The second-order valence-electron chi connectivity index (χ2n) is 7.02. The molecule has 1 aromatic carbocycles. The number of nitrogens with zero attached hydrogens (tertiary/aromatic N) is 4. The number of aromatic nitrogens is 3. The third-order valence-corrected chi connectivity index (χ3v) is 4.87. The third kappa shape index (κ3) is 3.77. The van der Waals surface area contributed by atoms with Crippen LogP contribution in [0.15, 0.2) is 40.0 Å². The number of hydrogen-bond acceptors (Lipinski definition) is 8. The number of nitrogens with one attached hydrogen (secondary N) is 1. The number of aryl methyl sites for hydroxylation is 1. The van der Waals surface area contributed by atoms with Crippen molar-refractivity contribution in [3.05, 3.63) is 52.3 Å². The highest BCUT2D eigenvalue weighted by Crippen LogP contribution is 2.27. The minimum atomic E-state index is -0.740. The molecule has 0 atom stereocenters. The molecule has 1 amide bonds. The zero-order valence-corrected chi connectivity index (χ0v) is 16.6. The molecule has 0 spiro atoms. The molecule has 30 heavy (non-hydrogen) atoms. The van der Waals surface area contributed by atoms with Gasteiger partial charge in [0, 0.05) is 31.4 Å². The summed E-state index contributed by atoms with van der Waals surface area (Å²) >= 11 is 0. The first kappa shape index (κ1) is 19.6. The maximum Gasteiger partial charge on any atom is 0.296 e. The molecule has 2 aromatic heterocycles. The van der Waals surface area contributed by atoms with Crippen LogP contribution in [0.25, 0.3) is 11.4 Å². The lowest BCUT2D eigenvalue weighted by atomic mass is 10.1. The van der Waals surface area contributed by atoms with Crippen LogP contribution in [-0.4, -0.2) is 52.0 Å². The van der Waals surface area contributed by atoms with Gasteiger partial charge < -0.3 is 24.6 Å². The summed E-state index contributed by atoms with van der Waals surface area (Å²) in [5.74, 6) is -1.20. The maximum atomic E-state index is 12.6. The fraction of sp³-hybridized carbons (Fsp3) is 0.300. The molecule has 10 nitrogen and oxygen atoms in total. The van der Waals surface area contributed by atoms with Crippen molar-refractivity contribution >= 4 is 17.3 Å². The number of anilines is 2. The van der Waals surface area contributed by atoms with E-state index in [-0.39, 0.29) is 17.2 Å². The van der Waals surface area contributed by atoms with Crippen LogP contribution in [-0.2, 0) is 11.8 Å². The third-order valence-electron chi connectivity index (χ3n) is 4.87. The van der Waals surface area contributed by atoms with Crippen molar-refractivity contribution in [1.29, 1.82) is 0 Å². The minimum Gasteiger partial charge on any atom is -0.501 e. The highest BCUT2D eigenvalue weighted by Gasteiger charge is 2.22. The van der Waals surface area contributed by atoms with Gasteiger partial charge >= 0.3 is 0 Å². The smallest absolute Gasteiger partial charge is 0.296 e. The molecular weight excluding hydrogens is 390 g/mol. The van der Waals surface area contributed by atoms with Crippen LogP contribution in [0.5, 0.6) is 5.75 Å². The molecule has 1 fully saturated rings. The minimum absolute atomic E-state index is 0.270. The molecule has 3 heterocycles. The molecule has 0 radical (unpaired) electrons. The Bertz CT molecular complexity index is 1130. The van der Waals surface area contributed by atoms with Crippen molar-refractivity contribution in [3.63, 3.8) is 0 Å². The van der Waals surface area contributed by atoms with Gasteiger partial charge in [-0.15, -0.1) is 0 Å². The van der Waals surface area contributed by atoms with Crippen LogP contribution in [0.2, 0.25) is 0 Å². The average molecular weight is 411 g/mol. The molecular formula is C20H21N5O5. The Morgan fingerprint density at radius 1 is 1.23 bits per heavy atom. The van der Waals surface area contributed by atoms with E-state index in [1.807, 2.05) is 25.1 Å². The van der Waals surface area contributed by atoms with Gasteiger partial charge in [0.1, 0.15) is 17.8 Å². The summed E-state index contributed by atoms with van der Waals surface area (Å²) in [5, 5.41) is 16.2. The quantitative estimate of drug-likeness (QED) is 0.663.